The Bertz CT molecular complexity index is 122. The van der Waals surface area contributed by atoms with Crippen LogP contribution in [0.15, 0.2) is 4.99 Å². The summed E-state index contributed by atoms with van der Waals surface area (Å²) in [5, 5.41) is 0. The van der Waals surface area contributed by atoms with Crippen LogP contribution in [0.25, 0.3) is 0 Å². The van der Waals surface area contributed by atoms with Crippen molar-refractivity contribution in [2.24, 2.45) is 4.99 Å². The third kappa shape index (κ3) is 5.24. The second-order valence-electron chi connectivity index (χ2n) is 1.55. The van der Waals surface area contributed by atoms with Crippen LogP contribution >= 0.6 is 0 Å². The number of carbonyl (C=O) groups excluding carboxylic acids is 1. The van der Waals surface area contributed by atoms with E-state index in [1.807, 2.05) is 0 Å². The molecule has 0 aliphatic rings. The third-order valence-corrected chi connectivity index (χ3v) is 0.822. The van der Waals surface area contributed by atoms with E-state index < -0.39 is 5.97 Å². The number of carbonyl (C=O) groups is 1. The van der Waals surface area contributed by atoms with E-state index in [2.05, 4.69) is 9.73 Å². The van der Waals surface area contributed by atoms with Gasteiger partial charge >= 0.3 is 5.97 Å². The highest BCUT2D eigenvalue weighted by Crippen LogP contribution is 1.72. The normalized spacial score (nSPS) is 10.2. The van der Waals surface area contributed by atoms with Gasteiger partial charge in [-0.1, -0.05) is 0 Å². The Kier molecular flexibility index (Phi) is 5.66. The zero-order chi connectivity index (χ0) is 7.82. The molecule has 0 aliphatic carbocycles. The first-order valence-corrected chi connectivity index (χ1v) is 2.88. The molecule has 0 saturated heterocycles. The fraction of sp³-hybridized carbons (Fsp3) is 0.667. The molecule has 0 atom stereocenters. The highest BCUT2D eigenvalue weighted by Gasteiger charge is 1.89. The molecule has 0 aromatic rings. The molecule has 0 heterocycles. The van der Waals surface area contributed by atoms with E-state index in [0.717, 1.165) is 6.21 Å². The summed E-state index contributed by atoms with van der Waals surface area (Å²) in [6.45, 7) is 1.01. The minimum Gasteiger partial charge on any atom is -0.465 e. The van der Waals surface area contributed by atoms with Crippen LogP contribution in [-0.2, 0) is 14.3 Å². The fourth-order valence-corrected chi connectivity index (χ4v) is 0.336. The molecular formula is C6H11NO3. The number of rotatable bonds is 4. The molecule has 4 nitrogen and oxygen atoms in total. The molecule has 0 fully saturated rings. The quantitative estimate of drug-likeness (QED) is 0.314. The molecule has 0 amide bonds. The first kappa shape index (κ1) is 9.10. The van der Waals surface area contributed by atoms with Gasteiger partial charge in [0, 0.05) is 7.11 Å². The fourth-order valence-electron chi connectivity index (χ4n) is 0.336. The molecular weight excluding hydrogens is 134 g/mol. The lowest BCUT2D eigenvalue weighted by molar-refractivity contribution is -0.132. The van der Waals surface area contributed by atoms with Crippen LogP contribution in [0.1, 0.15) is 0 Å². The summed E-state index contributed by atoms with van der Waals surface area (Å²) in [6.07, 6.45) is 1.14. The molecule has 0 saturated carbocycles. The van der Waals surface area contributed by atoms with Crippen LogP contribution in [-0.4, -0.2) is 39.6 Å². The molecule has 10 heavy (non-hydrogen) atoms. The molecule has 0 unspecified atom stereocenters. The van der Waals surface area contributed by atoms with Crippen molar-refractivity contribution < 1.29 is 14.3 Å². The number of methoxy groups -OCH3 is 2. The van der Waals surface area contributed by atoms with Gasteiger partial charge in [0.25, 0.3) is 0 Å². The number of hydrogen-bond donors (Lipinski definition) is 0. The Balaban J connectivity index is 3.27. The second kappa shape index (κ2) is 6.22. The van der Waals surface area contributed by atoms with Crippen molar-refractivity contribution in [3.8, 4) is 0 Å². The van der Waals surface area contributed by atoms with Gasteiger partial charge in [-0.3, -0.25) is 4.99 Å². The largest absolute Gasteiger partial charge is 0.465 e. The number of hydrogen-bond acceptors (Lipinski definition) is 4. The van der Waals surface area contributed by atoms with Crippen LogP contribution in [0.4, 0.5) is 0 Å². The van der Waals surface area contributed by atoms with E-state index in [1.165, 1.54) is 7.11 Å². The smallest absolute Gasteiger partial charge is 0.348 e. The number of ether oxygens (including phenoxy) is 2. The summed E-state index contributed by atoms with van der Waals surface area (Å²) >= 11 is 0. The van der Waals surface area contributed by atoms with Crippen molar-refractivity contribution in [1.29, 1.82) is 0 Å². The second-order valence-corrected chi connectivity index (χ2v) is 1.55. The molecule has 0 aliphatic heterocycles. The molecule has 0 aromatic heterocycles. The average Bonchev–Trinajstić information content (AvgIpc) is 1.98. The van der Waals surface area contributed by atoms with E-state index in [-0.39, 0.29) is 0 Å². The van der Waals surface area contributed by atoms with Gasteiger partial charge in [-0.15, -0.1) is 0 Å². The third-order valence-electron chi connectivity index (χ3n) is 0.822. The van der Waals surface area contributed by atoms with Crippen LogP contribution in [0.5, 0.6) is 0 Å². The molecule has 0 bridgehead atoms. The van der Waals surface area contributed by atoms with Gasteiger partial charge in [0.2, 0.25) is 0 Å². The van der Waals surface area contributed by atoms with Gasteiger partial charge in [0.05, 0.1) is 20.3 Å². The SMILES string of the molecule is COCCN=CC(=O)OC. The Morgan fingerprint density at radius 1 is 1.60 bits per heavy atom. The van der Waals surface area contributed by atoms with Crippen molar-refractivity contribution in [3.63, 3.8) is 0 Å². The predicted octanol–water partition coefficient (Wildman–Crippen LogP) is -0.123. The number of aliphatic imine (C=N–C) groups is 1. The first-order chi connectivity index (χ1) is 4.81. The lowest BCUT2D eigenvalue weighted by Crippen LogP contribution is -2.02. The highest BCUT2D eigenvalue weighted by atomic mass is 16.5. The minimum atomic E-state index is -0.434. The lowest BCUT2D eigenvalue weighted by Gasteiger charge is -1.90. The standard InChI is InChI=1S/C6H11NO3/c1-9-4-3-7-5-6(8)10-2/h5H,3-4H2,1-2H3. The Morgan fingerprint density at radius 2 is 2.30 bits per heavy atom. The maximum absolute atomic E-state index is 10.4. The Labute approximate surface area is 59.8 Å². The van der Waals surface area contributed by atoms with E-state index in [9.17, 15) is 4.79 Å². The maximum atomic E-state index is 10.4. The highest BCUT2D eigenvalue weighted by molar-refractivity contribution is 6.23. The topological polar surface area (TPSA) is 47.9 Å². The summed E-state index contributed by atoms with van der Waals surface area (Å²) in [5.74, 6) is -0.434. The summed E-state index contributed by atoms with van der Waals surface area (Å²) < 4.78 is 8.99. The molecule has 0 aromatic carbocycles. The van der Waals surface area contributed by atoms with Crippen molar-refractivity contribution in [2.45, 2.75) is 0 Å². The van der Waals surface area contributed by atoms with E-state index >= 15 is 0 Å². The van der Waals surface area contributed by atoms with Crippen molar-refractivity contribution in [1.82, 2.24) is 0 Å². The molecule has 0 rings (SSSR count). The monoisotopic (exact) mass is 145 g/mol. The van der Waals surface area contributed by atoms with Crippen molar-refractivity contribution in [2.75, 3.05) is 27.4 Å². The summed E-state index contributed by atoms with van der Waals surface area (Å²) in [6, 6.07) is 0. The average molecular weight is 145 g/mol. The van der Waals surface area contributed by atoms with Crippen LogP contribution in [0, 0.1) is 0 Å². The van der Waals surface area contributed by atoms with Crippen LogP contribution in [0.2, 0.25) is 0 Å². The molecule has 0 radical (unpaired) electrons. The first-order valence-electron chi connectivity index (χ1n) is 2.88. The number of esters is 1. The molecule has 58 valence electrons. The van der Waals surface area contributed by atoms with Crippen LogP contribution < -0.4 is 0 Å². The summed E-state index contributed by atoms with van der Waals surface area (Å²) in [4.78, 5) is 14.1. The summed E-state index contributed by atoms with van der Waals surface area (Å²) in [7, 11) is 2.89. The zero-order valence-electron chi connectivity index (χ0n) is 6.16. The van der Waals surface area contributed by atoms with E-state index in [1.54, 1.807) is 7.11 Å². The van der Waals surface area contributed by atoms with Crippen LogP contribution in [0.3, 0.4) is 0 Å². The van der Waals surface area contributed by atoms with Gasteiger partial charge < -0.3 is 9.47 Å². The summed E-state index contributed by atoms with van der Waals surface area (Å²) in [5.41, 5.74) is 0. The van der Waals surface area contributed by atoms with Crippen molar-refractivity contribution in [3.05, 3.63) is 0 Å². The molecule has 0 spiro atoms. The van der Waals surface area contributed by atoms with Gasteiger partial charge in [0.1, 0.15) is 6.21 Å². The lowest BCUT2D eigenvalue weighted by atomic mass is 10.7. The van der Waals surface area contributed by atoms with E-state index in [0.29, 0.717) is 13.2 Å². The Morgan fingerprint density at radius 3 is 2.80 bits per heavy atom. The number of nitrogens with zero attached hydrogens (tertiary/aromatic N) is 1. The molecule has 4 heteroatoms. The predicted molar refractivity (Wildman–Crippen MR) is 37.3 cm³/mol. The van der Waals surface area contributed by atoms with Gasteiger partial charge in [0.15, 0.2) is 0 Å². The van der Waals surface area contributed by atoms with Gasteiger partial charge in [-0.05, 0) is 0 Å². The molecule has 0 N–H and O–H groups in total. The van der Waals surface area contributed by atoms with Gasteiger partial charge in [-0.2, -0.15) is 0 Å². The maximum Gasteiger partial charge on any atom is 0.348 e. The Hall–Kier alpha value is -0.900. The van der Waals surface area contributed by atoms with Gasteiger partial charge in [-0.25, -0.2) is 4.79 Å². The van der Waals surface area contributed by atoms with E-state index in [4.69, 9.17) is 4.74 Å². The minimum absolute atomic E-state index is 0.434. The zero-order valence-corrected chi connectivity index (χ0v) is 6.16. The van der Waals surface area contributed by atoms with Crippen molar-refractivity contribution >= 4 is 12.2 Å².